The number of benzene rings is 1. The Morgan fingerprint density at radius 2 is 2.11 bits per heavy atom. The second-order valence-corrected chi connectivity index (χ2v) is 4.09. The van der Waals surface area contributed by atoms with Crippen molar-refractivity contribution < 1.29 is 14.6 Å². The zero-order valence-electron chi connectivity index (χ0n) is 10.0. The fraction of sp³-hybridized carbons (Fsp3) is 0.308. The highest BCUT2D eigenvalue weighted by Gasteiger charge is 2.13. The monoisotopic (exact) mass is 248 g/mol. The minimum atomic E-state index is -0.0467. The SMILES string of the molecule is Nc1ccc(/C=C/C(=O)N2CCOCC2)cc1O. The summed E-state index contributed by atoms with van der Waals surface area (Å²) >= 11 is 0. The number of nitrogen functional groups attached to an aromatic ring is 1. The van der Waals surface area contributed by atoms with Gasteiger partial charge in [0.1, 0.15) is 5.75 Å². The van der Waals surface area contributed by atoms with Crippen LogP contribution in [0.15, 0.2) is 24.3 Å². The van der Waals surface area contributed by atoms with Crippen molar-refractivity contribution in [3.63, 3.8) is 0 Å². The van der Waals surface area contributed by atoms with Gasteiger partial charge in [-0.3, -0.25) is 4.79 Å². The maximum absolute atomic E-state index is 11.8. The molecule has 5 nitrogen and oxygen atoms in total. The minimum Gasteiger partial charge on any atom is -0.506 e. The van der Waals surface area contributed by atoms with Crippen LogP contribution in [0.2, 0.25) is 0 Å². The number of ether oxygens (including phenoxy) is 1. The molecule has 1 aliphatic heterocycles. The van der Waals surface area contributed by atoms with Gasteiger partial charge >= 0.3 is 0 Å². The zero-order valence-corrected chi connectivity index (χ0v) is 10.0. The van der Waals surface area contributed by atoms with E-state index in [-0.39, 0.29) is 11.7 Å². The van der Waals surface area contributed by atoms with Crippen molar-refractivity contribution in [2.24, 2.45) is 0 Å². The molecule has 0 bridgehead atoms. The van der Waals surface area contributed by atoms with Crippen molar-refractivity contribution in [1.29, 1.82) is 0 Å². The third-order valence-electron chi connectivity index (χ3n) is 2.80. The normalized spacial score (nSPS) is 16.1. The van der Waals surface area contributed by atoms with E-state index >= 15 is 0 Å². The molecule has 1 saturated heterocycles. The molecule has 3 N–H and O–H groups in total. The Hall–Kier alpha value is -2.01. The van der Waals surface area contributed by atoms with Gasteiger partial charge < -0.3 is 20.5 Å². The molecular weight excluding hydrogens is 232 g/mol. The average molecular weight is 248 g/mol. The molecule has 1 aromatic carbocycles. The zero-order chi connectivity index (χ0) is 13.0. The van der Waals surface area contributed by atoms with E-state index in [0.29, 0.717) is 32.0 Å². The Balaban J connectivity index is 2.01. The molecule has 0 atom stereocenters. The van der Waals surface area contributed by atoms with Crippen molar-refractivity contribution in [3.05, 3.63) is 29.8 Å². The molecule has 1 heterocycles. The van der Waals surface area contributed by atoms with E-state index in [1.54, 1.807) is 23.1 Å². The molecular formula is C13H16N2O3. The van der Waals surface area contributed by atoms with Crippen LogP contribution in [0.1, 0.15) is 5.56 Å². The maximum atomic E-state index is 11.8. The molecule has 5 heteroatoms. The van der Waals surface area contributed by atoms with Crippen molar-refractivity contribution in [1.82, 2.24) is 4.90 Å². The van der Waals surface area contributed by atoms with Crippen LogP contribution >= 0.6 is 0 Å². The van der Waals surface area contributed by atoms with E-state index in [0.717, 1.165) is 5.56 Å². The Kier molecular flexibility index (Phi) is 3.84. The van der Waals surface area contributed by atoms with Crippen molar-refractivity contribution in [2.45, 2.75) is 0 Å². The standard InChI is InChI=1S/C13H16N2O3/c14-11-3-1-10(9-12(11)16)2-4-13(17)15-5-7-18-8-6-15/h1-4,9,16H,5-8,14H2/b4-2+. The molecule has 0 radical (unpaired) electrons. The van der Waals surface area contributed by atoms with Crippen molar-refractivity contribution in [2.75, 3.05) is 32.0 Å². The van der Waals surface area contributed by atoms with Gasteiger partial charge in [-0.15, -0.1) is 0 Å². The molecule has 1 aromatic rings. The topological polar surface area (TPSA) is 75.8 Å². The number of nitrogens with zero attached hydrogens (tertiary/aromatic N) is 1. The summed E-state index contributed by atoms with van der Waals surface area (Å²) in [6.07, 6.45) is 3.16. The van der Waals surface area contributed by atoms with E-state index in [4.69, 9.17) is 10.5 Å². The van der Waals surface area contributed by atoms with Crippen LogP contribution in [-0.4, -0.2) is 42.2 Å². The number of carbonyl (C=O) groups excluding carboxylic acids is 1. The number of nitrogens with two attached hydrogens (primary N) is 1. The fourth-order valence-corrected chi connectivity index (χ4v) is 1.72. The number of anilines is 1. The number of phenols is 1. The lowest BCUT2D eigenvalue weighted by atomic mass is 10.1. The first-order chi connectivity index (χ1) is 8.66. The second kappa shape index (κ2) is 5.55. The van der Waals surface area contributed by atoms with Crippen molar-refractivity contribution in [3.8, 4) is 5.75 Å². The number of hydrogen-bond acceptors (Lipinski definition) is 4. The van der Waals surface area contributed by atoms with Crippen LogP contribution in [0.3, 0.4) is 0 Å². The lowest BCUT2D eigenvalue weighted by molar-refractivity contribution is -0.129. The van der Waals surface area contributed by atoms with Crippen LogP contribution in [-0.2, 0) is 9.53 Å². The Labute approximate surface area is 105 Å². The first kappa shape index (κ1) is 12.4. The van der Waals surface area contributed by atoms with Crippen LogP contribution < -0.4 is 5.73 Å². The Bertz CT molecular complexity index is 465. The molecule has 1 aliphatic rings. The smallest absolute Gasteiger partial charge is 0.246 e. The fourth-order valence-electron chi connectivity index (χ4n) is 1.72. The van der Waals surface area contributed by atoms with Crippen LogP contribution in [0.25, 0.3) is 6.08 Å². The molecule has 96 valence electrons. The van der Waals surface area contributed by atoms with Crippen LogP contribution in [0.4, 0.5) is 5.69 Å². The summed E-state index contributed by atoms with van der Waals surface area (Å²) in [5, 5.41) is 9.44. The first-order valence-corrected chi connectivity index (χ1v) is 5.80. The van der Waals surface area contributed by atoms with Gasteiger partial charge in [0, 0.05) is 19.2 Å². The highest BCUT2D eigenvalue weighted by molar-refractivity contribution is 5.92. The molecule has 0 unspecified atom stereocenters. The lowest BCUT2D eigenvalue weighted by Gasteiger charge is -2.25. The van der Waals surface area contributed by atoms with E-state index in [1.807, 2.05) is 0 Å². The van der Waals surface area contributed by atoms with Crippen molar-refractivity contribution >= 4 is 17.7 Å². The molecule has 1 fully saturated rings. The van der Waals surface area contributed by atoms with Gasteiger partial charge in [0.05, 0.1) is 18.9 Å². The Morgan fingerprint density at radius 3 is 2.78 bits per heavy atom. The number of hydrogen-bond donors (Lipinski definition) is 2. The molecule has 0 spiro atoms. The summed E-state index contributed by atoms with van der Waals surface area (Å²) in [4.78, 5) is 13.6. The van der Waals surface area contributed by atoms with Gasteiger partial charge in [-0.25, -0.2) is 0 Å². The van der Waals surface area contributed by atoms with E-state index in [9.17, 15) is 9.90 Å². The molecule has 2 rings (SSSR count). The average Bonchev–Trinajstić information content (AvgIpc) is 2.41. The van der Waals surface area contributed by atoms with E-state index < -0.39 is 0 Å². The van der Waals surface area contributed by atoms with Gasteiger partial charge in [-0.05, 0) is 23.8 Å². The van der Waals surface area contributed by atoms with Crippen LogP contribution in [0.5, 0.6) is 5.75 Å². The number of carbonyl (C=O) groups is 1. The lowest BCUT2D eigenvalue weighted by Crippen LogP contribution is -2.39. The highest BCUT2D eigenvalue weighted by Crippen LogP contribution is 2.21. The van der Waals surface area contributed by atoms with Crippen LogP contribution in [0, 0.1) is 0 Å². The first-order valence-electron chi connectivity index (χ1n) is 5.80. The molecule has 0 saturated carbocycles. The largest absolute Gasteiger partial charge is 0.506 e. The summed E-state index contributed by atoms with van der Waals surface area (Å²) in [6, 6.07) is 4.88. The third-order valence-corrected chi connectivity index (χ3v) is 2.80. The number of aromatic hydroxyl groups is 1. The summed E-state index contributed by atoms with van der Waals surface area (Å²) in [5.74, 6) is -0.0226. The maximum Gasteiger partial charge on any atom is 0.246 e. The molecule has 0 aromatic heterocycles. The molecule has 18 heavy (non-hydrogen) atoms. The Morgan fingerprint density at radius 1 is 1.39 bits per heavy atom. The van der Waals surface area contributed by atoms with E-state index in [2.05, 4.69) is 0 Å². The second-order valence-electron chi connectivity index (χ2n) is 4.09. The summed E-state index contributed by atoms with van der Waals surface area (Å²) in [7, 11) is 0. The quantitative estimate of drug-likeness (QED) is 0.462. The number of morpholine rings is 1. The van der Waals surface area contributed by atoms with Gasteiger partial charge in [0.2, 0.25) is 5.91 Å². The predicted octanol–water partition coefficient (Wildman–Crippen LogP) is 0.846. The minimum absolute atomic E-state index is 0.0240. The highest BCUT2D eigenvalue weighted by atomic mass is 16.5. The number of rotatable bonds is 2. The van der Waals surface area contributed by atoms with Gasteiger partial charge in [-0.2, -0.15) is 0 Å². The van der Waals surface area contributed by atoms with Gasteiger partial charge in [0.15, 0.2) is 0 Å². The number of amides is 1. The number of phenolic OH excluding ortho intramolecular Hbond substituents is 1. The van der Waals surface area contributed by atoms with E-state index in [1.165, 1.54) is 12.1 Å². The summed E-state index contributed by atoms with van der Waals surface area (Å²) < 4.78 is 5.18. The molecule has 1 amide bonds. The third kappa shape index (κ3) is 3.01. The predicted molar refractivity (Wildman–Crippen MR) is 69.0 cm³/mol. The summed E-state index contributed by atoms with van der Waals surface area (Å²) in [5.41, 5.74) is 6.56. The summed E-state index contributed by atoms with van der Waals surface area (Å²) in [6.45, 7) is 2.41. The molecule has 0 aliphatic carbocycles. The van der Waals surface area contributed by atoms with Gasteiger partial charge in [-0.1, -0.05) is 6.07 Å². The van der Waals surface area contributed by atoms with Gasteiger partial charge in [0.25, 0.3) is 0 Å².